The largest absolute Gasteiger partial charge is 0.383 e. The second-order valence-corrected chi connectivity index (χ2v) is 7.39. The Kier molecular flexibility index (Phi) is 6.19. The second-order valence-electron chi connectivity index (χ2n) is 7.39. The van der Waals surface area contributed by atoms with Crippen LogP contribution in [0.25, 0.3) is 0 Å². The monoisotopic (exact) mass is 425 g/mol. The standard InChI is InChI=1S/C21H23N5O5/c1-14-3-5-15(6-4-14)21(2)19(28)25(20(29)24-21)13-18(27)23-12-11-22-16-7-9-17(10-8-16)26(30)31/h3-10,22H,11-13H2,1-2H3,(H,23,27)(H,24,29). The van der Waals surface area contributed by atoms with Crippen LogP contribution in [0, 0.1) is 17.0 Å². The lowest BCUT2D eigenvalue weighted by molar-refractivity contribution is -0.384. The van der Waals surface area contributed by atoms with Crippen molar-refractivity contribution in [1.82, 2.24) is 15.5 Å². The molecule has 3 N–H and O–H groups in total. The molecule has 2 aromatic carbocycles. The first-order valence-electron chi connectivity index (χ1n) is 9.67. The number of nitrogens with zero attached hydrogens (tertiary/aromatic N) is 2. The van der Waals surface area contributed by atoms with E-state index in [4.69, 9.17) is 0 Å². The number of carbonyl (C=O) groups excluding carboxylic acids is 3. The van der Waals surface area contributed by atoms with Gasteiger partial charge in [-0.25, -0.2) is 4.79 Å². The maximum absolute atomic E-state index is 12.9. The average molecular weight is 425 g/mol. The van der Waals surface area contributed by atoms with E-state index in [2.05, 4.69) is 16.0 Å². The number of aryl methyl sites for hydroxylation is 1. The van der Waals surface area contributed by atoms with Gasteiger partial charge in [-0.05, 0) is 31.5 Å². The van der Waals surface area contributed by atoms with Gasteiger partial charge in [-0.2, -0.15) is 0 Å². The number of hydrogen-bond acceptors (Lipinski definition) is 6. The molecule has 31 heavy (non-hydrogen) atoms. The summed E-state index contributed by atoms with van der Waals surface area (Å²) in [6.45, 7) is 3.77. The van der Waals surface area contributed by atoms with Crippen LogP contribution in [0.2, 0.25) is 0 Å². The van der Waals surface area contributed by atoms with E-state index >= 15 is 0 Å². The highest BCUT2D eigenvalue weighted by Gasteiger charge is 2.49. The molecule has 0 saturated carbocycles. The first kappa shape index (κ1) is 21.8. The highest BCUT2D eigenvalue weighted by Crippen LogP contribution is 2.28. The molecule has 0 aliphatic carbocycles. The molecular formula is C21H23N5O5. The van der Waals surface area contributed by atoms with Gasteiger partial charge < -0.3 is 16.0 Å². The van der Waals surface area contributed by atoms with Gasteiger partial charge in [0.2, 0.25) is 5.91 Å². The Morgan fingerprint density at radius 2 is 1.74 bits per heavy atom. The van der Waals surface area contributed by atoms with Crippen molar-refractivity contribution >= 4 is 29.2 Å². The molecule has 10 heteroatoms. The third kappa shape index (κ3) is 4.80. The number of imide groups is 1. The zero-order valence-corrected chi connectivity index (χ0v) is 17.2. The minimum absolute atomic E-state index is 0.00922. The van der Waals surface area contributed by atoms with Crippen molar-refractivity contribution in [3.8, 4) is 0 Å². The van der Waals surface area contributed by atoms with Crippen molar-refractivity contribution < 1.29 is 19.3 Å². The topological polar surface area (TPSA) is 134 Å². The Bertz CT molecular complexity index is 1010. The highest BCUT2D eigenvalue weighted by atomic mass is 16.6. The Hall–Kier alpha value is -3.95. The summed E-state index contributed by atoms with van der Waals surface area (Å²) in [4.78, 5) is 48.5. The van der Waals surface area contributed by atoms with Crippen LogP contribution in [0.3, 0.4) is 0 Å². The minimum atomic E-state index is -1.22. The van der Waals surface area contributed by atoms with Crippen molar-refractivity contribution in [3.05, 3.63) is 69.8 Å². The van der Waals surface area contributed by atoms with Crippen molar-refractivity contribution in [1.29, 1.82) is 0 Å². The SMILES string of the molecule is Cc1ccc(C2(C)NC(=O)N(CC(=O)NCCNc3ccc([N+](=O)[O-])cc3)C2=O)cc1. The zero-order chi connectivity index (χ0) is 22.6. The molecule has 0 spiro atoms. The molecule has 1 fully saturated rings. The van der Waals surface area contributed by atoms with Crippen molar-refractivity contribution in [3.63, 3.8) is 0 Å². The fourth-order valence-electron chi connectivity index (χ4n) is 3.23. The lowest BCUT2D eigenvalue weighted by Crippen LogP contribution is -2.43. The van der Waals surface area contributed by atoms with Gasteiger partial charge in [-0.1, -0.05) is 29.8 Å². The van der Waals surface area contributed by atoms with Crippen LogP contribution in [-0.2, 0) is 15.1 Å². The summed E-state index contributed by atoms with van der Waals surface area (Å²) in [5, 5.41) is 19.0. The molecule has 4 amide bonds. The third-order valence-corrected chi connectivity index (χ3v) is 5.06. The molecule has 1 aliphatic rings. The number of urea groups is 1. The maximum Gasteiger partial charge on any atom is 0.325 e. The minimum Gasteiger partial charge on any atom is -0.383 e. The lowest BCUT2D eigenvalue weighted by atomic mass is 9.91. The molecule has 1 aliphatic heterocycles. The molecule has 0 bridgehead atoms. The lowest BCUT2D eigenvalue weighted by Gasteiger charge is -2.22. The maximum atomic E-state index is 12.9. The van der Waals surface area contributed by atoms with Crippen molar-refractivity contribution in [2.24, 2.45) is 0 Å². The highest BCUT2D eigenvalue weighted by molar-refractivity contribution is 6.09. The normalized spacial score (nSPS) is 17.9. The van der Waals surface area contributed by atoms with Gasteiger partial charge in [0.25, 0.3) is 11.6 Å². The number of nitro groups is 1. The van der Waals surface area contributed by atoms with Gasteiger partial charge in [0.05, 0.1) is 4.92 Å². The van der Waals surface area contributed by atoms with E-state index in [1.807, 2.05) is 19.1 Å². The molecule has 0 aromatic heterocycles. The molecular weight excluding hydrogens is 402 g/mol. The molecule has 10 nitrogen and oxygen atoms in total. The van der Waals surface area contributed by atoms with Gasteiger partial charge in [0.1, 0.15) is 12.1 Å². The molecule has 162 valence electrons. The van der Waals surface area contributed by atoms with Crippen LogP contribution in [0.15, 0.2) is 48.5 Å². The van der Waals surface area contributed by atoms with Crippen LogP contribution < -0.4 is 16.0 Å². The fourth-order valence-corrected chi connectivity index (χ4v) is 3.23. The van der Waals surface area contributed by atoms with Gasteiger partial charge in [-0.3, -0.25) is 24.6 Å². The van der Waals surface area contributed by atoms with Crippen LogP contribution >= 0.6 is 0 Å². The van der Waals surface area contributed by atoms with E-state index in [9.17, 15) is 24.5 Å². The summed E-state index contributed by atoms with van der Waals surface area (Å²) in [7, 11) is 0. The second kappa shape index (κ2) is 8.82. The summed E-state index contributed by atoms with van der Waals surface area (Å²) in [6, 6.07) is 12.5. The fraction of sp³-hybridized carbons (Fsp3) is 0.286. The summed E-state index contributed by atoms with van der Waals surface area (Å²) in [5.74, 6) is -0.956. The molecule has 0 radical (unpaired) electrons. The van der Waals surface area contributed by atoms with Gasteiger partial charge in [-0.15, -0.1) is 0 Å². The predicted molar refractivity (Wildman–Crippen MR) is 113 cm³/mol. The number of nitro benzene ring substituents is 1. The van der Waals surface area contributed by atoms with Crippen LogP contribution in [0.5, 0.6) is 0 Å². The van der Waals surface area contributed by atoms with E-state index < -0.39 is 28.3 Å². The number of rotatable bonds is 8. The third-order valence-electron chi connectivity index (χ3n) is 5.06. The molecule has 3 rings (SSSR count). The number of hydrogen-bond donors (Lipinski definition) is 3. The summed E-state index contributed by atoms with van der Waals surface area (Å²) >= 11 is 0. The first-order valence-corrected chi connectivity index (χ1v) is 9.67. The van der Waals surface area contributed by atoms with Gasteiger partial charge in [0.15, 0.2) is 0 Å². The van der Waals surface area contributed by atoms with Gasteiger partial charge in [0, 0.05) is 30.9 Å². The van der Waals surface area contributed by atoms with E-state index in [-0.39, 0.29) is 18.8 Å². The Labute approximate surface area is 178 Å². The quantitative estimate of drug-likeness (QED) is 0.256. The number of carbonyl (C=O) groups is 3. The molecule has 1 unspecified atom stereocenters. The van der Waals surface area contributed by atoms with Crippen LogP contribution in [0.1, 0.15) is 18.1 Å². The van der Waals surface area contributed by atoms with Gasteiger partial charge >= 0.3 is 6.03 Å². The van der Waals surface area contributed by atoms with E-state index in [1.165, 1.54) is 12.1 Å². The number of benzene rings is 2. The Morgan fingerprint density at radius 1 is 1.10 bits per heavy atom. The average Bonchev–Trinajstić information content (AvgIpc) is 2.96. The predicted octanol–water partition coefficient (Wildman–Crippen LogP) is 1.90. The van der Waals surface area contributed by atoms with E-state index in [0.29, 0.717) is 17.8 Å². The Morgan fingerprint density at radius 3 is 2.35 bits per heavy atom. The van der Waals surface area contributed by atoms with Crippen LogP contribution in [0.4, 0.5) is 16.2 Å². The molecule has 1 heterocycles. The zero-order valence-electron chi connectivity index (χ0n) is 17.2. The Balaban J connectivity index is 1.49. The number of non-ortho nitro benzene ring substituents is 1. The van der Waals surface area contributed by atoms with Crippen LogP contribution in [-0.4, -0.2) is 47.3 Å². The summed E-state index contributed by atoms with van der Waals surface area (Å²) in [6.07, 6.45) is 0. The molecule has 1 saturated heterocycles. The van der Waals surface area contributed by atoms with E-state index in [1.54, 1.807) is 31.2 Å². The first-order chi connectivity index (χ1) is 14.7. The number of amides is 4. The molecule has 1 atom stereocenters. The smallest absolute Gasteiger partial charge is 0.325 e. The summed E-state index contributed by atoms with van der Waals surface area (Å²) < 4.78 is 0. The summed E-state index contributed by atoms with van der Waals surface area (Å²) in [5.41, 5.74) is 1.12. The molecule has 2 aromatic rings. The number of anilines is 1. The van der Waals surface area contributed by atoms with Crippen molar-refractivity contribution in [2.45, 2.75) is 19.4 Å². The number of nitrogens with one attached hydrogen (secondary N) is 3. The van der Waals surface area contributed by atoms with Crippen molar-refractivity contribution in [2.75, 3.05) is 25.0 Å². The van der Waals surface area contributed by atoms with E-state index in [0.717, 1.165) is 10.5 Å².